The van der Waals surface area contributed by atoms with Crippen molar-refractivity contribution in [3.8, 4) is 5.75 Å². The number of piperazine rings is 1. The van der Waals surface area contributed by atoms with Gasteiger partial charge in [0.2, 0.25) is 0 Å². The lowest BCUT2D eigenvalue weighted by atomic mass is 9.99. The average Bonchev–Trinajstić information content (AvgIpc) is 3.06. The van der Waals surface area contributed by atoms with Crippen LogP contribution in [0.15, 0.2) is 48.2 Å². The second-order valence-corrected chi connectivity index (χ2v) is 8.22. The van der Waals surface area contributed by atoms with Crippen molar-refractivity contribution in [2.75, 3.05) is 51.3 Å². The highest BCUT2D eigenvalue weighted by Crippen LogP contribution is 2.36. The van der Waals surface area contributed by atoms with E-state index in [1.54, 1.807) is 31.4 Å². The molecule has 0 aromatic heterocycles. The number of aliphatic hydroxyl groups excluding tert-OH is 1. The summed E-state index contributed by atoms with van der Waals surface area (Å²) in [5.41, 5.74) is 4.40. The van der Waals surface area contributed by atoms with Crippen molar-refractivity contribution in [1.82, 2.24) is 9.80 Å². The van der Waals surface area contributed by atoms with Gasteiger partial charge in [-0.1, -0.05) is 18.2 Å². The molecule has 0 atom stereocenters. The van der Waals surface area contributed by atoms with Crippen LogP contribution in [0.25, 0.3) is 5.57 Å². The second-order valence-electron chi connectivity index (χ2n) is 8.22. The molecule has 1 fully saturated rings. The molecule has 0 radical (unpaired) electrons. The first-order valence-electron chi connectivity index (χ1n) is 10.9. The quantitative estimate of drug-likeness (QED) is 0.702. The van der Waals surface area contributed by atoms with E-state index in [0.717, 1.165) is 29.8 Å². The van der Waals surface area contributed by atoms with Crippen LogP contribution < -0.4 is 9.64 Å². The van der Waals surface area contributed by atoms with E-state index in [4.69, 9.17) is 4.74 Å². The van der Waals surface area contributed by atoms with Crippen LogP contribution in [-0.2, 0) is 9.59 Å². The fourth-order valence-corrected chi connectivity index (χ4v) is 4.27. The predicted octanol–water partition coefficient (Wildman–Crippen LogP) is 2.21. The lowest BCUT2D eigenvalue weighted by Gasteiger charge is -2.36. The molecule has 1 N–H and O–H groups in total. The summed E-state index contributed by atoms with van der Waals surface area (Å²) in [7, 11) is 1.58. The first-order chi connectivity index (χ1) is 15.4. The smallest absolute Gasteiger partial charge is 0.282 e. The number of hydrogen-bond acceptors (Lipinski definition) is 6. The van der Waals surface area contributed by atoms with E-state index < -0.39 is 0 Å². The monoisotopic (exact) mass is 435 g/mol. The Morgan fingerprint density at radius 2 is 1.59 bits per heavy atom. The number of β-amino-alcohol motifs (C(OH)–C–C–N with tert-alkyl or cyclic N) is 1. The molecule has 0 saturated carbocycles. The molecule has 7 nitrogen and oxygen atoms in total. The van der Waals surface area contributed by atoms with Crippen LogP contribution in [0.5, 0.6) is 5.75 Å². The Morgan fingerprint density at radius 1 is 0.906 bits per heavy atom. The third-order valence-electron chi connectivity index (χ3n) is 6.29. The third kappa shape index (κ3) is 4.01. The van der Waals surface area contributed by atoms with Gasteiger partial charge in [0.1, 0.15) is 11.4 Å². The molecule has 0 bridgehead atoms. The van der Waals surface area contributed by atoms with Gasteiger partial charge in [-0.2, -0.15) is 0 Å². The maximum atomic E-state index is 13.6. The number of carbonyl (C=O) groups is 2. The maximum absolute atomic E-state index is 13.6. The standard InChI is InChI=1S/C25H29N3O4/c1-17-4-5-19(16-18(17)2)22-23(27-12-10-26(11-13-27)14-15-29)25(31)28(24(22)30)20-6-8-21(32-3)9-7-20/h4-9,16,29H,10-15H2,1-3H3. The molecule has 0 aliphatic carbocycles. The molecule has 0 spiro atoms. The maximum Gasteiger partial charge on any atom is 0.282 e. The van der Waals surface area contributed by atoms with Gasteiger partial charge in [-0.05, 0) is 54.8 Å². The van der Waals surface area contributed by atoms with Crippen molar-refractivity contribution >= 4 is 23.1 Å². The lowest BCUT2D eigenvalue weighted by molar-refractivity contribution is -0.120. The van der Waals surface area contributed by atoms with Gasteiger partial charge < -0.3 is 14.7 Å². The lowest BCUT2D eigenvalue weighted by Crippen LogP contribution is -2.48. The molecule has 2 aliphatic heterocycles. The zero-order valence-electron chi connectivity index (χ0n) is 18.8. The third-order valence-corrected chi connectivity index (χ3v) is 6.29. The predicted molar refractivity (Wildman–Crippen MR) is 123 cm³/mol. The first-order valence-corrected chi connectivity index (χ1v) is 10.9. The van der Waals surface area contributed by atoms with E-state index in [-0.39, 0.29) is 18.4 Å². The molecule has 2 amide bonds. The van der Waals surface area contributed by atoms with E-state index >= 15 is 0 Å². The number of benzene rings is 2. The molecule has 2 aliphatic rings. The summed E-state index contributed by atoms with van der Waals surface area (Å²) in [5.74, 6) is 0.0515. The number of nitrogens with zero attached hydrogens (tertiary/aromatic N) is 3. The molecule has 0 unspecified atom stereocenters. The molecule has 32 heavy (non-hydrogen) atoms. The van der Waals surface area contributed by atoms with Crippen LogP contribution in [0.2, 0.25) is 0 Å². The van der Waals surface area contributed by atoms with E-state index in [2.05, 4.69) is 4.90 Å². The van der Waals surface area contributed by atoms with Crippen molar-refractivity contribution in [2.24, 2.45) is 0 Å². The van der Waals surface area contributed by atoms with Crippen LogP contribution in [0.1, 0.15) is 16.7 Å². The van der Waals surface area contributed by atoms with Crippen LogP contribution in [0.3, 0.4) is 0 Å². The Bertz CT molecular complexity index is 1050. The van der Waals surface area contributed by atoms with Gasteiger partial charge in [-0.25, -0.2) is 4.90 Å². The highest BCUT2D eigenvalue weighted by Gasteiger charge is 2.43. The van der Waals surface area contributed by atoms with Crippen LogP contribution in [-0.4, -0.2) is 73.2 Å². The highest BCUT2D eigenvalue weighted by atomic mass is 16.5. The number of hydrogen-bond donors (Lipinski definition) is 1. The van der Waals surface area contributed by atoms with Gasteiger partial charge in [-0.15, -0.1) is 0 Å². The molecule has 1 saturated heterocycles. The summed E-state index contributed by atoms with van der Waals surface area (Å²) in [5, 5.41) is 9.23. The number of amides is 2. The minimum absolute atomic E-state index is 0.110. The summed E-state index contributed by atoms with van der Waals surface area (Å²) in [6.07, 6.45) is 0. The number of carbonyl (C=O) groups excluding carboxylic acids is 2. The first kappa shape index (κ1) is 22.0. The van der Waals surface area contributed by atoms with Crippen molar-refractivity contribution in [3.63, 3.8) is 0 Å². The topological polar surface area (TPSA) is 73.3 Å². The number of aryl methyl sites for hydroxylation is 2. The normalized spacial score (nSPS) is 17.5. The van der Waals surface area contributed by atoms with E-state index in [1.807, 2.05) is 36.9 Å². The minimum atomic E-state index is -0.309. The highest BCUT2D eigenvalue weighted by molar-refractivity contribution is 6.45. The van der Waals surface area contributed by atoms with Crippen molar-refractivity contribution in [2.45, 2.75) is 13.8 Å². The van der Waals surface area contributed by atoms with Gasteiger partial charge in [0.15, 0.2) is 0 Å². The zero-order valence-corrected chi connectivity index (χ0v) is 18.8. The largest absolute Gasteiger partial charge is 0.497 e. The molecular weight excluding hydrogens is 406 g/mol. The Labute approximate surface area is 188 Å². The summed E-state index contributed by atoms with van der Waals surface area (Å²) in [6, 6.07) is 12.8. The summed E-state index contributed by atoms with van der Waals surface area (Å²) in [6.45, 7) is 7.47. The summed E-state index contributed by atoms with van der Waals surface area (Å²) >= 11 is 0. The van der Waals surface area contributed by atoms with Gasteiger partial charge >= 0.3 is 0 Å². The molecular formula is C25H29N3O4. The molecule has 7 heteroatoms. The van der Waals surface area contributed by atoms with E-state index in [0.29, 0.717) is 42.3 Å². The van der Waals surface area contributed by atoms with Crippen LogP contribution >= 0.6 is 0 Å². The van der Waals surface area contributed by atoms with Gasteiger partial charge in [-0.3, -0.25) is 14.5 Å². The number of ether oxygens (including phenoxy) is 1. The molecule has 4 rings (SSSR count). The Balaban J connectivity index is 1.74. The average molecular weight is 436 g/mol. The van der Waals surface area contributed by atoms with Crippen LogP contribution in [0, 0.1) is 13.8 Å². The molecule has 2 aromatic carbocycles. The number of methoxy groups -OCH3 is 1. The van der Waals surface area contributed by atoms with Gasteiger partial charge in [0.05, 0.1) is 25.0 Å². The Hall–Kier alpha value is -3.16. The Morgan fingerprint density at radius 3 is 2.19 bits per heavy atom. The zero-order chi connectivity index (χ0) is 22.8. The fraction of sp³-hybridized carbons (Fsp3) is 0.360. The minimum Gasteiger partial charge on any atom is -0.497 e. The molecule has 2 heterocycles. The summed E-state index contributed by atoms with van der Waals surface area (Å²) in [4.78, 5) is 32.7. The number of rotatable bonds is 6. The SMILES string of the molecule is COc1ccc(N2C(=O)C(c3ccc(C)c(C)c3)=C(N3CCN(CCO)CC3)C2=O)cc1. The number of imide groups is 1. The number of anilines is 1. The fourth-order valence-electron chi connectivity index (χ4n) is 4.27. The van der Waals surface area contributed by atoms with Gasteiger partial charge in [0.25, 0.3) is 11.8 Å². The van der Waals surface area contributed by atoms with Gasteiger partial charge in [0, 0.05) is 32.7 Å². The van der Waals surface area contributed by atoms with Crippen molar-refractivity contribution in [1.29, 1.82) is 0 Å². The van der Waals surface area contributed by atoms with Crippen LogP contribution in [0.4, 0.5) is 5.69 Å². The molecule has 2 aromatic rings. The van der Waals surface area contributed by atoms with E-state index in [9.17, 15) is 14.7 Å². The van der Waals surface area contributed by atoms with Crippen molar-refractivity contribution < 1.29 is 19.4 Å². The van der Waals surface area contributed by atoms with Crippen molar-refractivity contribution in [3.05, 3.63) is 64.9 Å². The van der Waals surface area contributed by atoms with E-state index in [1.165, 1.54) is 4.90 Å². The Kier molecular flexibility index (Phi) is 6.30. The molecule has 168 valence electrons. The summed E-state index contributed by atoms with van der Waals surface area (Å²) < 4.78 is 5.22. The second kappa shape index (κ2) is 9.14. The number of aliphatic hydroxyl groups is 1.